The van der Waals surface area contributed by atoms with Crippen molar-refractivity contribution in [3.8, 4) is 0 Å². The van der Waals surface area contributed by atoms with Gasteiger partial charge < -0.3 is 5.32 Å². The van der Waals surface area contributed by atoms with Gasteiger partial charge in [-0.1, -0.05) is 0 Å². The smallest absolute Gasteiger partial charge is 0.328 e. The number of nitrogens with one attached hydrogen (secondary N) is 1. The molecule has 1 aromatic carbocycles. The van der Waals surface area contributed by atoms with Crippen molar-refractivity contribution in [3.63, 3.8) is 0 Å². The number of benzene rings is 1. The van der Waals surface area contributed by atoms with Crippen LogP contribution >= 0.6 is 0 Å². The summed E-state index contributed by atoms with van der Waals surface area (Å²) in [6.45, 7) is 1.15. The van der Waals surface area contributed by atoms with E-state index < -0.39 is 22.2 Å². The summed E-state index contributed by atoms with van der Waals surface area (Å²) in [5, 5.41) is 12.8. The maximum Gasteiger partial charge on any atom is 0.328 e. The minimum atomic E-state index is -1.14. The molecule has 0 aliphatic carbocycles. The van der Waals surface area contributed by atoms with Gasteiger partial charge in [-0.25, -0.2) is 4.39 Å². The highest BCUT2D eigenvalue weighted by Crippen LogP contribution is 2.31. The SMILES string of the molecule is CNc1cc(F)c(C)c(F)c1[N+](=O)[O-]. The highest BCUT2D eigenvalue weighted by Gasteiger charge is 2.24. The molecule has 0 atom stereocenters. The standard InChI is InChI=1S/C8H8F2N2O2/c1-4-5(9)3-6(11-2)8(7(4)10)12(13)14/h3,11H,1-2H3. The Kier molecular flexibility index (Phi) is 2.64. The predicted molar refractivity (Wildman–Crippen MR) is 47.3 cm³/mol. The Morgan fingerprint density at radius 2 is 2.07 bits per heavy atom. The molecule has 0 bridgehead atoms. The number of nitrogens with zero attached hydrogens (tertiary/aromatic N) is 1. The van der Waals surface area contributed by atoms with Crippen molar-refractivity contribution < 1.29 is 13.7 Å². The molecule has 0 radical (unpaired) electrons. The van der Waals surface area contributed by atoms with Crippen molar-refractivity contribution >= 4 is 11.4 Å². The quantitative estimate of drug-likeness (QED) is 0.590. The van der Waals surface area contributed by atoms with E-state index >= 15 is 0 Å². The summed E-state index contributed by atoms with van der Waals surface area (Å²) >= 11 is 0. The zero-order valence-electron chi connectivity index (χ0n) is 7.60. The van der Waals surface area contributed by atoms with Crippen LogP contribution in [-0.2, 0) is 0 Å². The summed E-state index contributed by atoms with van der Waals surface area (Å²) in [6, 6.07) is 0.899. The molecule has 0 aliphatic heterocycles. The highest BCUT2D eigenvalue weighted by molar-refractivity contribution is 5.63. The van der Waals surface area contributed by atoms with E-state index in [1.54, 1.807) is 0 Å². The van der Waals surface area contributed by atoms with Crippen molar-refractivity contribution in [1.29, 1.82) is 0 Å². The molecule has 0 heterocycles. The summed E-state index contributed by atoms with van der Waals surface area (Å²) in [5.74, 6) is -1.95. The van der Waals surface area contributed by atoms with Gasteiger partial charge in [-0.3, -0.25) is 10.1 Å². The van der Waals surface area contributed by atoms with Crippen LogP contribution < -0.4 is 5.32 Å². The van der Waals surface area contributed by atoms with Crippen molar-refractivity contribution in [3.05, 3.63) is 33.4 Å². The van der Waals surface area contributed by atoms with Gasteiger partial charge in [0.2, 0.25) is 5.82 Å². The second-order valence-electron chi connectivity index (χ2n) is 2.70. The Morgan fingerprint density at radius 3 is 2.50 bits per heavy atom. The lowest BCUT2D eigenvalue weighted by atomic mass is 10.1. The second kappa shape index (κ2) is 3.57. The van der Waals surface area contributed by atoms with Crippen LogP contribution in [0, 0.1) is 28.7 Å². The van der Waals surface area contributed by atoms with Crippen LogP contribution in [-0.4, -0.2) is 12.0 Å². The minimum Gasteiger partial charge on any atom is -0.382 e. The topological polar surface area (TPSA) is 55.2 Å². The lowest BCUT2D eigenvalue weighted by Crippen LogP contribution is -2.03. The molecule has 0 saturated heterocycles. The van der Waals surface area contributed by atoms with Crippen LogP contribution in [0.1, 0.15) is 5.56 Å². The van der Waals surface area contributed by atoms with E-state index in [2.05, 4.69) is 5.32 Å². The molecule has 0 fully saturated rings. The number of hydrogen-bond acceptors (Lipinski definition) is 3. The molecule has 6 heteroatoms. The monoisotopic (exact) mass is 202 g/mol. The van der Waals surface area contributed by atoms with Gasteiger partial charge >= 0.3 is 5.69 Å². The molecule has 0 spiro atoms. The Morgan fingerprint density at radius 1 is 1.50 bits per heavy atom. The highest BCUT2D eigenvalue weighted by atomic mass is 19.1. The van der Waals surface area contributed by atoms with Crippen LogP contribution in [0.15, 0.2) is 6.07 Å². The molecule has 0 saturated carbocycles. The largest absolute Gasteiger partial charge is 0.382 e. The predicted octanol–water partition coefficient (Wildman–Crippen LogP) is 2.22. The molecule has 76 valence electrons. The Balaban J connectivity index is 3.53. The molecule has 14 heavy (non-hydrogen) atoms. The van der Waals surface area contributed by atoms with Crippen molar-refractivity contribution in [2.75, 3.05) is 12.4 Å². The summed E-state index contributed by atoms with van der Waals surface area (Å²) in [7, 11) is 1.36. The van der Waals surface area contributed by atoms with E-state index in [9.17, 15) is 18.9 Å². The van der Waals surface area contributed by atoms with Gasteiger partial charge in [0, 0.05) is 18.7 Å². The van der Waals surface area contributed by atoms with E-state index in [-0.39, 0.29) is 11.3 Å². The summed E-state index contributed by atoms with van der Waals surface area (Å²) in [4.78, 5) is 9.59. The summed E-state index contributed by atoms with van der Waals surface area (Å²) in [5.41, 5.74) is -1.25. The molecule has 0 aliphatic rings. The van der Waals surface area contributed by atoms with Gasteiger partial charge in [0.15, 0.2) is 0 Å². The first-order chi connectivity index (χ1) is 6.49. The molecule has 1 N–H and O–H groups in total. The molecule has 1 aromatic rings. The van der Waals surface area contributed by atoms with E-state index in [1.165, 1.54) is 7.05 Å². The fourth-order valence-electron chi connectivity index (χ4n) is 1.07. The third kappa shape index (κ3) is 1.50. The molecular weight excluding hydrogens is 194 g/mol. The zero-order chi connectivity index (χ0) is 10.9. The number of nitro groups is 1. The first kappa shape index (κ1) is 10.4. The van der Waals surface area contributed by atoms with Gasteiger partial charge in [0.1, 0.15) is 11.5 Å². The lowest BCUT2D eigenvalue weighted by molar-refractivity contribution is -0.386. The van der Waals surface area contributed by atoms with Crippen LogP contribution in [0.25, 0.3) is 0 Å². The van der Waals surface area contributed by atoms with Gasteiger partial charge in [-0.2, -0.15) is 4.39 Å². The normalized spacial score (nSPS) is 10.0. The molecule has 1 rings (SSSR count). The first-order valence-corrected chi connectivity index (χ1v) is 3.79. The average molecular weight is 202 g/mol. The second-order valence-corrected chi connectivity index (χ2v) is 2.70. The van der Waals surface area contributed by atoms with E-state index in [4.69, 9.17) is 0 Å². The zero-order valence-corrected chi connectivity index (χ0v) is 7.60. The molecule has 4 nitrogen and oxygen atoms in total. The van der Waals surface area contributed by atoms with E-state index in [0.29, 0.717) is 0 Å². The van der Waals surface area contributed by atoms with Crippen molar-refractivity contribution in [1.82, 2.24) is 0 Å². The van der Waals surface area contributed by atoms with Crippen LogP contribution in [0.4, 0.5) is 20.2 Å². The van der Waals surface area contributed by atoms with Crippen LogP contribution in [0.2, 0.25) is 0 Å². The fourth-order valence-corrected chi connectivity index (χ4v) is 1.07. The number of rotatable bonds is 2. The van der Waals surface area contributed by atoms with E-state index in [0.717, 1.165) is 13.0 Å². The van der Waals surface area contributed by atoms with Crippen LogP contribution in [0.3, 0.4) is 0 Å². The summed E-state index contributed by atoms with van der Waals surface area (Å²) in [6.07, 6.45) is 0. The number of hydrogen-bond donors (Lipinski definition) is 1. The van der Waals surface area contributed by atoms with E-state index in [1.807, 2.05) is 0 Å². The Bertz CT molecular complexity index is 393. The third-order valence-corrected chi connectivity index (χ3v) is 1.87. The van der Waals surface area contributed by atoms with Crippen molar-refractivity contribution in [2.24, 2.45) is 0 Å². The Labute approximate surface area is 78.7 Å². The Hall–Kier alpha value is -1.72. The molecule has 0 unspecified atom stereocenters. The van der Waals surface area contributed by atoms with Gasteiger partial charge in [-0.05, 0) is 6.92 Å². The number of anilines is 1. The third-order valence-electron chi connectivity index (χ3n) is 1.87. The van der Waals surface area contributed by atoms with Crippen LogP contribution in [0.5, 0.6) is 0 Å². The first-order valence-electron chi connectivity index (χ1n) is 3.79. The molecule has 0 amide bonds. The molecule has 0 aromatic heterocycles. The minimum absolute atomic E-state index is 0.171. The van der Waals surface area contributed by atoms with Gasteiger partial charge in [0.05, 0.1) is 4.92 Å². The van der Waals surface area contributed by atoms with Gasteiger partial charge in [-0.15, -0.1) is 0 Å². The number of nitro benzene ring substituents is 1. The fraction of sp³-hybridized carbons (Fsp3) is 0.250. The van der Waals surface area contributed by atoms with Gasteiger partial charge in [0.25, 0.3) is 0 Å². The summed E-state index contributed by atoms with van der Waals surface area (Å²) < 4.78 is 26.2. The maximum atomic E-state index is 13.2. The average Bonchev–Trinajstić information content (AvgIpc) is 2.12. The lowest BCUT2D eigenvalue weighted by Gasteiger charge is -2.05. The van der Waals surface area contributed by atoms with Crippen molar-refractivity contribution in [2.45, 2.75) is 6.92 Å². The molecular formula is C8H8F2N2O2. The number of halogens is 2. The maximum absolute atomic E-state index is 13.2.